The Labute approximate surface area is 112 Å². The third-order valence-electron chi connectivity index (χ3n) is 2.38. The van der Waals surface area contributed by atoms with E-state index in [1.165, 1.54) is 24.3 Å². The minimum Gasteiger partial charge on any atom is -0.477 e. The van der Waals surface area contributed by atoms with E-state index < -0.39 is 10.9 Å². The molecule has 0 aliphatic heterocycles. The highest BCUT2D eigenvalue weighted by atomic mass is 32.1. The maximum absolute atomic E-state index is 10.7. The van der Waals surface area contributed by atoms with E-state index in [0.29, 0.717) is 16.4 Å². The van der Waals surface area contributed by atoms with Gasteiger partial charge in [0.1, 0.15) is 10.6 Å². The Hall–Kier alpha value is -2.41. The van der Waals surface area contributed by atoms with Crippen molar-refractivity contribution in [2.24, 2.45) is 0 Å². The lowest BCUT2D eigenvalue weighted by atomic mass is 10.2. The van der Waals surface area contributed by atoms with Gasteiger partial charge < -0.3 is 9.84 Å². The maximum atomic E-state index is 10.7. The SMILES string of the molecule is Cc1cc(Oc2ccc(C(=O)O)s2)ccc1[N+](=O)[O-]. The molecule has 0 amide bonds. The Morgan fingerprint density at radius 3 is 2.63 bits per heavy atom. The Kier molecular flexibility index (Phi) is 3.48. The van der Waals surface area contributed by atoms with Crippen molar-refractivity contribution < 1.29 is 19.6 Å². The van der Waals surface area contributed by atoms with Crippen LogP contribution in [0.1, 0.15) is 15.2 Å². The van der Waals surface area contributed by atoms with Gasteiger partial charge in [0.05, 0.1) is 4.92 Å². The molecular formula is C12H9NO5S. The molecule has 0 bridgehead atoms. The molecule has 1 aromatic heterocycles. The first-order valence-corrected chi connectivity index (χ1v) is 6.05. The summed E-state index contributed by atoms with van der Waals surface area (Å²) in [5.41, 5.74) is 0.502. The maximum Gasteiger partial charge on any atom is 0.345 e. The molecule has 1 N–H and O–H groups in total. The molecule has 0 fully saturated rings. The van der Waals surface area contributed by atoms with Crippen molar-refractivity contribution in [1.29, 1.82) is 0 Å². The van der Waals surface area contributed by atoms with Crippen molar-refractivity contribution in [2.75, 3.05) is 0 Å². The monoisotopic (exact) mass is 279 g/mol. The van der Waals surface area contributed by atoms with Gasteiger partial charge in [0.15, 0.2) is 5.06 Å². The van der Waals surface area contributed by atoms with Crippen molar-refractivity contribution in [1.82, 2.24) is 0 Å². The van der Waals surface area contributed by atoms with E-state index in [2.05, 4.69) is 0 Å². The van der Waals surface area contributed by atoms with Gasteiger partial charge in [-0.15, -0.1) is 0 Å². The summed E-state index contributed by atoms with van der Waals surface area (Å²) in [6.45, 7) is 1.61. The number of benzene rings is 1. The molecule has 98 valence electrons. The summed E-state index contributed by atoms with van der Waals surface area (Å²) >= 11 is 0.997. The Morgan fingerprint density at radius 2 is 2.11 bits per heavy atom. The first-order chi connectivity index (χ1) is 8.97. The van der Waals surface area contributed by atoms with Crippen molar-refractivity contribution in [2.45, 2.75) is 6.92 Å². The fourth-order valence-corrected chi connectivity index (χ4v) is 2.22. The second-order valence-corrected chi connectivity index (χ2v) is 4.78. The zero-order valence-electron chi connectivity index (χ0n) is 9.82. The predicted molar refractivity (Wildman–Crippen MR) is 69.2 cm³/mol. The fraction of sp³-hybridized carbons (Fsp3) is 0.0833. The lowest BCUT2D eigenvalue weighted by Gasteiger charge is -2.03. The van der Waals surface area contributed by atoms with Gasteiger partial charge >= 0.3 is 5.97 Å². The molecule has 6 nitrogen and oxygen atoms in total. The van der Waals surface area contributed by atoms with Crippen LogP contribution >= 0.6 is 11.3 Å². The molecule has 0 radical (unpaired) electrons. The van der Waals surface area contributed by atoms with E-state index >= 15 is 0 Å². The number of aryl methyl sites for hydroxylation is 1. The number of carboxylic acids is 1. The number of hydrogen-bond donors (Lipinski definition) is 1. The van der Waals surface area contributed by atoms with Crippen LogP contribution in [0.5, 0.6) is 10.8 Å². The number of ether oxygens (including phenoxy) is 1. The van der Waals surface area contributed by atoms with Crippen LogP contribution in [0.2, 0.25) is 0 Å². The summed E-state index contributed by atoms with van der Waals surface area (Å²) in [5.74, 6) is -0.582. The van der Waals surface area contributed by atoms with Gasteiger partial charge in [0, 0.05) is 11.6 Å². The van der Waals surface area contributed by atoms with Crippen molar-refractivity contribution in [3.05, 3.63) is 50.9 Å². The average molecular weight is 279 g/mol. The molecule has 0 aliphatic carbocycles. The molecule has 0 saturated heterocycles. The van der Waals surface area contributed by atoms with Crippen molar-refractivity contribution in [3.63, 3.8) is 0 Å². The number of thiophene rings is 1. The van der Waals surface area contributed by atoms with Crippen molar-refractivity contribution in [3.8, 4) is 10.8 Å². The summed E-state index contributed by atoms with van der Waals surface area (Å²) < 4.78 is 5.46. The van der Waals surface area contributed by atoms with Crippen LogP contribution in [0.25, 0.3) is 0 Å². The second kappa shape index (κ2) is 5.07. The topological polar surface area (TPSA) is 89.7 Å². The summed E-state index contributed by atoms with van der Waals surface area (Å²) in [5, 5.41) is 19.9. The van der Waals surface area contributed by atoms with Crippen LogP contribution in [0, 0.1) is 17.0 Å². The van der Waals surface area contributed by atoms with Gasteiger partial charge in [0.25, 0.3) is 5.69 Å². The number of nitro benzene ring substituents is 1. The largest absolute Gasteiger partial charge is 0.477 e. The zero-order chi connectivity index (χ0) is 14.0. The van der Waals surface area contributed by atoms with E-state index in [1.54, 1.807) is 13.0 Å². The fourth-order valence-electron chi connectivity index (χ4n) is 1.50. The first-order valence-electron chi connectivity index (χ1n) is 5.23. The molecule has 19 heavy (non-hydrogen) atoms. The number of nitro groups is 1. The van der Waals surface area contributed by atoms with Gasteiger partial charge in [-0.1, -0.05) is 11.3 Å². The molecule has 2 rings (SSSR count). The highest BCUT2D eigenvalue weighted by Gasteiger charge is 2.12. The van der Waals surface area contributed by atoms with Crippen LogP contribution in [0.15, 0.2) is 30.3 Å². The van der Waals surface area contributed by atoms with E-state index in [9.17, 15) is 14.9 Å². The third-order valence-corrected chi connectivity index (χ3v) is 3.33. The molecule has 0 atom stereocenters. The second-order valence-electron chi connectivity index (χ2n) is 3.73. The molecule has 0 spiro atoms. The standard InChI is InChI=1S/C12H9NO5S/c1-7-6-8(2-3-9(7)13(16)17)18-11-5-4-10(19-11)12(14)15/h2-6H,1H3,(H,14,15). The van der Waals surface area contributed by atoms with Gasteiger partial charge in [-0.25, -0.2) is 4.79 Å². The molecule has 1 heterocycles. The number of hydrogen-bond acceptors (Lipinski definition) is 5. The highest BCUT2D eigenvalue weighted by Crippen LogP contribution is 2.31. The normalized spacial score (nSPS) is 10.2. The summed E-state index contributed by atoms with van der Waals surface area (Å²) in [4.78, 5) is 21.1. The minimum absolute atomic E-state index is 0.0183. The smallest absolute Gasteiger partial charge is 0.345 e. The predicted octanol–water partition coefficient (Wildman–Crippen LogP) is 3.46. The van der Waals surface area contributed by atoms with Gasteiger partial charge in [-0.3, -0.25) is 10.1 Å². The Bertz CT molecular complexity index is 649. The Morgan fingerprint density at radius 1 is 1.37 bits per heavy atom. The quantitative estimate of drug-likeness (QED) is 0.683. The summed E-state index contributed by atoms with van der Waals surface area (Å²) in [6, 6.07) is 7.37. The lowest BCUT2D eigenvalue weighted by Crippen LogP contribution is -1.92. The van der Waals surface area contributed by atoms with E-state index in [-0.39, 0.29) is 10.6 Å². The zero-order valence-corrected chi connectivity index (χ0v) is 10.6. The average Bonchev–Trinajstić information content (AvgIpc) is 2.77. The molecule has 7 heteroatoms. The molecule has 0 unspecified atom stereocenters. The van der Waals surface area contributed by atoms with E-state index in [1.807, 2.05) is 0 Å². The number of carboxylic acid groups (broad SMARTS) is 1. The summed E-state index contributed by atoms with van der Waals surface area (Å²) in [7, 11) is 0. The van der Waals surface area contributed by atoms with Crippen LogP contribution in [-0.2, 0) is 0 Å². The number of nitrogens with zero attached hydrogens (tertiary/aromatic N) is 1. The number of carbonyl (C=O) groups is 1. The van der Waals surface area contributed by atoms with E-state index in [0.717, 1.165) is 11.3 Å². The third kappa shape index (κ3) is 2.89. The Balaban J connectivity index is 2.21. The van der Waals surface area contributed by atoms with Crippen LogP contribution in [0.3, 0.4) is 0 Å². The number of rotatable bonds is 4. The first kappa shape index (κ1) is 13.0. The van der Waals surface area contributed by atoms with Gasteiger partial charge in [0.2, 0.25) is 0 Å². The molecule has 2 aromatic rings. The van der Waals surface area contributed by atoms with Gasteiger partial charge in [-0.2, -0.15) is 0 Å². The van der Waals surface area contributed by atoms with Gasteiger partial charge in [-0.05, 0) is 31.2 Å². The molecule has 1 aromatic carbocycles. The van der Waals surface area contributed by atoms with E-state index in [4.69, 9.17) is 9.84 Å². The van der Waals surface area contributed by atoms with Crippen LogP contribution < -0.4 is 4.74 Å². The van der Waals surface area contributed by atoms with Crippen LogP contribution in [-0.4, -0.2) is 16.0 Å². The number of aromatic carboxylic acids is 1. The van der Waals surface area contributed by atoms with Crippen LogP contribution in [0.4, 0.5) is 5.69 Å². The molecule has 0 saturated carbocycles. The molecular weight excluding hydrogens is 270 g/mol. The molecule has 0 aliphatic rings. The lowest BCUT2D eigenvalue weighted by molar-refractivity contribution is -0.385. The van der Waals surface area contributed by atoms with Crippen molar-refractivity contribution >= 4 is 23.0 Å². The highest BCUT2D eigenvalue weighted by molar-refractivity contribution is 7.15. The summed E-state index contributed by atoms with van der Waals surface area (Å²) in [6.07, 6.45) is 0. The minimum atomic E-state index is -1.01.